The number of hydrogen-bond acceptors (Lipinski definition) is 6. The molecule has 0 saturated carbocycles. The first kappa shape index (κ1) is 22.1. The van der Waals surface area contributed by atoms with E-state index in [2.05, 4.69) is 46.7 Å². The van der Waals surface area contributed by atoms with E-state index >= 15 is 0 Å². The molecule has 4 rings (SSSR count). The van der Waals surface area contributed by atoms with E-state index in [4.69, 9.17) is 0 Å². The lowest BCUT2D eigenvalue weighted by molar-refractivity contribution is -0.115. The lowest BCUT2D eigenvalue weighted by atomic mass is 9.83. The lowest BCUT2D eigenvalue weighted by Gasteiger charge is -2.22. The quantitative estimate of drug-likeness (QED) is 0.487. The van der Waals surface area contributed by atoms with Gasteiger partial charge in [-0.2, -0.15) is 10.5 Å². The van der Waals surface area contributed by atoms with Crippen LogP contribution >= 0.6 is 23.1 Å². The summed E-state index contributed by atoms with van der Waals surface area (Å²) in [5, 5.41) is 23.2. The highest BCUT2D eigenvalue weighted by Gasteiger charge is 2.27. The summed E-state index contributed by atoms with van der Waals surface area (Å²) >= 11 is 2.94. The molecule has 160 valence electrons. The topological polar surface area (TPSA) is 89.6 Å². The second kappa shape index (κ2) is 9.99. The minimum absolute atomic E-state index is 0.127. The maximum Gasteiger partial charge on any atom is 0.225 e. The molecule has 3 aromatic rings. The second-order valence-electron chi connectivity index (χ2n) is 7.73. The molecule has 0 spiro atoms. The Morgan fingerprint density at radius 2 is 2.03 bits per heavy atom. The van der Waals surface area contributed by atoms with Crippen LogP contribution in [0.2, 0.25) is 0 Å². The maximum atomic E-state index is 12.6. The fourth-order valence-corrected chi connectivity index (χ4v) is 6.21. The van der Waals surface area contributed by atoms with Crippen LogP contribution in [0, 0.1) is 29.6 Å². The van der Waals surface area contributed by atoms with Crippen LogP contribution in [0.25, 0.3) is 0 Å². The van der Waals surface area contributed by atoms with E-state index in [0.29, 0.717) is 32.8 Å². The number of hydrogen-bond donors (Lipinski definition) is 1. The van der Waals surface area contributed by atoms with E-state index < -0.39 is 0 Å². The molecule has 0 radical (unpaired) electrons. The largest absolute Gasteiger partial charge is 0.317 e. The molecule has 32 heavy (non-hydrogen) atoms. The highest BCUT2D eigenvalue weighted by atomic mass is 32.2. The van der Waals surface area contributed by atoms with Gasteiger partial charge in [0.2, 0.25) is 5.91 Å². The van der Waals surface area contributed by atoms with E-state index in [1.807, 2.05) is 13.0 Å². The number of anilines is 1. The van der Waals surface area contributed by atoms with Crippen molar-refractivity contribution < 1.29 is 4.79 Å². The molecule has 1 aromatic carbocycles. The lowest BCUT2D eigenvalue weighted by Crippen LogP contribution is -2.13. The Balaban J connectivity index is 1.40. The molecule has 1 aliphatic rings. The summed E-state index contributed by atoms with van der Waals surface area (Å²) in [6, 6.07) is 18.5. The monoisotopic (exact) mass is 458 g/mol. The number of rotatable bonds is 6. The Morgan fingerprint density at radius 3 is 2.78 bits per heavy atom. The van der Waals surface area contributed by atoms with Crippen molar-refractivity contribution in [1.29, 1.82) is 10.5 Å². The van der Waals surface area contributed by atoms with E-state index in [9.17, 15) is 15.3 Å². The average molecular weight is 459 g/mol. The zero-order valence-electron chi connectivity index (χ0n) is 17.7. The van der Waals surface area contributed by atoms with Gasteiger partial charge in [-0.25, -0.2) is 4.98 Å². The van der Waals surface area contributed by atoms with Crippen molar-refractivity contribution in [3.8, 4) is 12.1 Å². The zero-order valence-corrected chi connectivity index (χ0v) is 19.4. The standard InChI is InChI=1S/C25H22N4OS2/c1-16-7-8-19(14-26)24(28-16)31-12-11-23(30)29-25-21(15-27)20-10-9-18(13-22(20)32-25)17-5-3-2-4-6-17/h2-8,18H,9-13H2,1H3,(H,29,30). The first-order valence-corrected chi connectivity index (χ1v) is 12.3. The predicted octanol–water partition coefficient (Wildman–Crippen LogP) is 5.59. The van der Waals surface area contributed by atoms with Crippen molar-refractivity contribution >= 4 is 34.0 Å². The Bertz CT molecular complexity index is 1220. The summed E-state index contributed by atoms with van der Waals surface area (Å²) in [5.41, 5.74) is 4.40. The fraction of sp³-hybridized carbons (Fsp3) is 0.280. The number of aromatic nitrogens is 1. The molecule has 2 aromatic heterocycles. The number of aryl methyl sites for hydroxylation is 1. The highest BCUT2D eigenvalue weighted by Crippen LogP contribution is 2.42. The van der Waals surface area contributed by atoms with Crippen molar-refractivity contribution in [1.82, 2.24) is 4.98 Å². The number of carbonyl (C=O) groups is 1. The summed E-state index contributed by atoms with van der Waals surface area (Å²) in [4.78, 5) is 18.2. The molecule has 7 heteroatoms. The van der Waals surface area contributed by atoms with Crippen molar-refractivity contribution in [3.05, 3.63) is 75.3 Å². The van der Waals surface area contributed by atoms with Gasteiger partial charge in [0.25, 0.3) is 0 Å². The van der Waals surface area contributed by atoms with Crippen LogP contribution in [0.4, 0.5) is 5.00 Å². The van der Waals surface area contributed by atoms with Crippen molar-refractivity contribution in [2.45, 2.75) is 43.6 Å². The van der Waals surface area contributed by atoms with Crippen LogP contribution in [0.5, 0.6) is 0 Å². The number of nitrogens with zero attached hydrogens (tertiary/aromatic N) is 3. The van der Waals surface area contributed by atoms with E-state index in [1.54, 1.807) is 12.1 Å². The molecule has 1 aliphatic carbocycles. The molecule has 1 atom stereocenters. The normalized spacial score (nSPS) is 14.8. The smallest absolute Gasteiger partial charge is 0.225 e. The third-order valence-electron chi connectivity index (χ3n) is 5.59. The first-order valence-electron chi connectivity index (χ1n) is 10.5. The number of nitriles is 2. The predicted molar refractivity (Wildman–Crippen MR) is 128 cm³/mol. The van der Waals surface area contributed by atoms with Gasteiger partial charge < -0.3 is 5.32 Å². The average Bonchev–Trinajstić information content (AvgIpc) is 3.15. The summed E-state index contributed by atoms with van der Waals surface area (Å²) < 4.78 is 0. The van der Waals surface area contributed by atoms with Crippen LogP contribution in [0.3, 0.4) is 0 Å². The molecule has 2 heterocycles. The van der Waals surface area contributed by atoms with Crippen molar-refractivity contribution in [2.24, 2.45) is 0 Å². The van der Waals surface area contributed by atoms with Crippen LogP contribution < -0.4 is 5.32 Å². The third kappa shape index (κ3) is 4.85. The van der Waals surface area contributed by atoms with Crippen LogP contribution in [-0.2, 0) is 17.6 Å². The van der Waals surface area contributed by atoms with E-state index in [0.717, 1.165) is 30.5 Å². The Hall–Kier alpha value is -3.13. The Labute approximate surface area is 196 Å². The first-order chi connectivity index (χ1) is 15.6. The molecule has 5 nitrogen and oxygen atoms in total. The van der Waals surface area contributed by atoms with Gasteiger partial charge in [-0.15, -0.1) is 23.1 Å². The van der Waals surface area contributed by atoms with Gasteiger partial charge >= 0.3 is 0 Å². The zero-order chi connectivity index (χ0) is 22.5. The molecule has 0 aliphatic heterocycles. The van der Waals surface area contributed by atoms with Crippen LogP contribution in [0.1, 0.15) is 51.6 Å². The molecular weight excluding hydrogens is 436 g/mol. The number of amides is 1. The SMILES string of the molecule is Cc1ccc(C#N)c(SCCC(=O)Nc2sc3c(c2C#N)CCC(c2ccccc2)C3)n1. The number of fused-ring (bicyclic) bond motifs is 1. The van der Waals surface area contributed by atoms with Crippen molar-refractivity contribution in [2.75, 3.05) is 11.1 Å². The maximum absolute atomic E-state index is 12.6. The molecule has 1 unspecified atom stereocenters. The minimum atomic E-state index is -0.127. The molecular formula is C25H22N4OS2. The van der Waals surface area contributed by atoms with Crippen LogP contribution in [-0.4, -0.2) is 16.6 Å². The summed E-state index contributed by atoms with van der Waals surface area (Å²) in [5.74, 6) is 0.836. The number of benzene rings is 1. The van der Waals surface area contributed by atoms with Gasteiger partial charge in [0.1, 0.15) is 22.2 Å². The van der Waals surface area contributed by atoms with E-state index in [1.165, 1.54) is 33.5 Å². The third-order valence-corrected chi connectivity index (χ3v) is 7.75. The molecule has 1 N–H and O–H groups in total. The number of pyridine rings is 1. The number of thioether (sulfide) groups is 1. The van der Waals surface area contributed by atoms with Gasteiger partial charge in [0.15, 0.2) is 0 Å². The Kier molecular flexibility index (Phi) is 6.90. The summed E-state index contributed by atoms with van der Waals surface area (Å²) in [6.45, 7) is 1.88. The highest BCUT2D eigenvalue weighted by molar-refractivity contribution is 7.99. The number of nitrogens with one attached hydrogen (secondary N) is 1. The van der Waals surface area contributed by atoms with E-state index in [-0.39, 0.29) is 12.3 Å². The molecule has 0 saturated heterocycles. The van der Waals surface area contributed by atoms with Crippen LogP contribution in [0.15, 0.2) is 47.5 Å². The Morgan fingerprint density at radius 1 is 1.22 bits per heavy atom. The minimum Gasteiger partial charge on any atom is -0.317 e. The molecule has 0 fully saturated rings. The molecule has 1 amide bonds. The number of carbonyl (C=O) groups excluding carboxylic acids is 1. The second-order valence-corrected chi connectivity index (χ2v) is 9.92. The van der Waals surface area contributed by atoms with Gasteiger partial charge in [-0.1, -0.05) is 30.3 Å². The van der Waals surface area contributed by atoms with Crippen molar-refractivity contribution in [3.63, 3.8) is 0 Å². The van der Waals surface area contributed by atoms with Gasteiger partial charge in [0.05, 0.1) is 11.1 Å². The molecule has 0 bridgehead atoms. The van der Waals surface area contributed by atoms with Gasteiger partial charge in [0, 0.05) is 22.7 Å². The summed E-state index contributed by atoms with van der Waals surface area (Å²) in [7, 11) is 0. The number of thiophene rings is 1. The summed E-state index contributed by atoms with van der Waals surface area (Å²) in [6.07, 6.45) is 3.05. The fourth-order valence-electron chi connectivity index (χ4n) is 3.96. The van der Waals surface area contributed by atoms with Gasteiger partial charge in [-0.3, -0.25) is 4.79 Å². The van der Waals surface area contributed by atoms with Gasteiger partial charge in [-0.05, 0) is 55.4 Å².